The van der Waals surface area contributed by atoms with E-state index in [1.165, 1.54) is 10.6 Å². The molecule has 0 fully saturated rings. The summed E-state index contributed by atoms with van der Waals surface area (Å²) in [6.07, 6.45) is 0. The number of hydrogen-bond donors (Lipinski definition) is 1. The minimum Gasteiger partial charge on any atom is -0.454 e. The SMILES string of the molecule is Cc1cccc(F)c1Oc1ccc(-n2c(C)n[nH]c2=O)cc1. The summed E-state index contributed by atoms with van der Waals surface area (Å²) in [7, 11) is 0. The maximum Gasteiger partial charge on any atom is 0.347 e. The number of halogens is 1. The lowest BCUT2D eigenvalue weighted by Crippen LogP contribution is -2.15. The van der Waals surface area contributed by atoms with Crippen LogP contribution in [0.2, 0.25) is 0 Å². The fraction of sp³-hybridized carbons (Fsp3) is 0.125. The van der Waals surface area contributed by atoms with Crippen LogP contribution in [0, 0.1) is 19.7 Å². The largest absolute Gasteiger partial charge is 0.454 e. The standard InChI is InChI=1S/C16H14FN3O2/c1-10-4-3-5-14(17)15(10)22-13-8-6-12(7-9-13)20-11(2)18-19-16(20)21/h3-9H,1-2H3,(H,19,21). The summed E-state index contributed by atoms with van der Waals surface area (Å²) < 4.78 is 20.8. The molecule has 1 N–H and O–H groups in total. The molecular weight excluding hydrogens is 285 g/mol. The van der Waals surface area contributed by atoms with Crippen LogP contribution >= 0.6 is 0 Å². The predicted molar refractivity (Wildman–Crippen MR) is 80.1 cm³/mol. The molecule has 22 heavy (non-hydrogen) atoms. The lowest BCUT2D eigenvalue weighted by atomic mass is 10.2. The molecule has 0 atom stereocenters. The second-order valence-corrected chi connectivity index (χ2v) is 4.89. The van der Waals surface area contributed by atoms with Gasteiger partial charge in [0.25, 0.3) is 0 Å². The van der Waals surface area contributed by atoms with E-state index >= 15 is 0 Å². The van der Waals surface area contributed by atoms with Gasteiger partial charge in [-0.1, -0.05) is 12.1 Å². The molecule has 0 aliphatic heterocycles. The number of para-hydroxylation sites is 1. The van der Waals surface area contributed by atoms with Crippen LogP contribution < -0.4 is 10.4 Å². The third-order valence-corrected chi connectivity index (χ3v) is 3.32. The number of ether oxygens (including phenoxy) is 1. The van der Waals surface area contributed by atoms with Gasteiger partial charge in [-0.3, -0.25) is 0 Å². The minimum absolute atomic E-state index is 0.201. The molecule has 0 unspecified atom stereocenters. The molecule has 0 saturated heterocycles. The van der Waals surface area contributed by atoms with Gasteiger partial charge in [0, 0.05) is 0 Å². The molecule has 0 amide bonds. The Kier molecular flexibility index (Phi) is 3.50. The van der Waals surface area contributed by atoms with Crippen LogP contribution in [0.5, 0.6) is 11.5 Å². The van der Waals surface area contributed by atoms with Gasteiger partial charge in [-0.2, -0.15) is 5.10 Å². The summed E-state index contributed by atoms with van der Waals surface area (Å²) in [6.45, 7) is 3.51. The van der Waals surface area contributed by atoms with Crippen molar-refractivity contribution in [3.05, 3.63) is 70.2 Å². The molecule has 0 radical (unpaired) electrons. The zero-order valence-corrected chi connectivity index (χ0v) is 12.1. The summed E-state index contributed by atoms with van der Waals surface area (Å²) in [6, 6.07) is 11.6. The van der Waals surface area contributed by atoms with Crippen molar-refractivity contribution in [1.82, 2.24) is 14.8 Å². The quantitative estimate of drug-likeness (QED) is 0.808. The van der Waals surface area contributed by atoms with Crippen molar-refractivity contribution >= 4 is 0 Å². The van der Waals surface area contributed by atoms with Crippen LogP contribution in [-0.4, -0.2) is 14.8 Å². The molecular formula is C16H14FN3O2. The number of aromatic amines is 1. The number of aromatic nitrogens is 3. The normalized spacial score (nSPS) is 10.7. The van der Waals surface area contributed by atoms with Gasteiger partial charge in [-0.25, -0.2) is 18.9 Å². The van der Waals surface area contributed by atoms with Gasteiger partial charge in [0.05, 0.1) is 5.69 Å². The van der Waals surface area contributed by atoms with Crippen LogP contribution in [0.15, 0.2) is 47.3 Å². The predicted octanol–water partition coefficient (Wildman–Crippen LogP) is 3.11. The highest BCUT2D eigenvalue weighted by molar-refractivity contribution is 5.42. The first-order valence-electron chi connectivity index (χ1n) is 6.73. The zero-order chi connectivity index (χ0) is 15.7. The van der Waals surface area contributed by atoms with E-state index in [-0.39, 0.29) is 11.4 Å². The van der Waals surface area contributed by atoms with Crippen molar-refractivity contribution in [1.29, 1.82) is 0 Å². The number of rotatable bonds is 3. The zero-order valence-electron chi connectivity index (χ0n) is 12.1. The van der Waals surface area contributed by atoms with Gasteiger partial charge in [0.1, 0.15) is 11.6 Å². The van der Waals surface area contributed by atoms with Crippen molar-refractivity contribution < 1.29 is 9.13 Å². The Morgan fingerprint density at radius 3 is 2.45 bits per heavy atom. The van der Waals surface area contributed by atoms with Gasteiger partial charge in [-0.15, -0.1) is 0 Å². The van der Waals surface area contributed by atoms with E-state index < -0.39 is 5.82 Å². The molecule has 112 valence electrons. The molecule has 3 aromatic rings. The maximum absolute atomic E-state index is 13.8. The highest BCUT2D eigenvalue weighted by atomic mass is 19.1. The van der Waals surface area contributed by atoms with Gasteiger partial charge < -0.3 is 4.74 Å². The Bertz CT molecular complexity index is 846. The number of aryl methyl sites for hydroxylation is 2. The van der Waals surface area contributed by atoms with E-state index in [4.69, 9.17) is 4.74 Å². The van der Waals surface area contributed by atoms with E-state index in [0.29, 0.717) is 22.8 Å². The third-order valence-electron chi connectivity index (χ3n) is 3.32. The van der Waals surface area contributed by atoms with E-state index in [1.54, 1.807) is 50.2 Å². The Morgan fingerprint density at radius 1 is 1.14 bits per heavy atom. The lowest BCUT2D eigenvalue weighted by molar-refractivity contribution is 0.438. The number of nitrogens with one attached hydrogen (secondary N) is 1. The number of benzene rings is 2. The van der Waals surface area contributed by atoms with Crippen molar-refractivity contribution in [3.8, 4) is 17.2 Å². The van der Waals surface area contributed by atoms with Gasteiger partial charge in [-0.05, 0) is 49.7 Å². The van der Waals surface area contributed by atoms with Crippen LogP contribution in [0.4, 0.5) is 4.39 Å². The molecule has 1 aromatic heterocycles. The van der Waals surface area contributed by atoms with Crippen LogP contribution in [0.25, 0.3) is 5.69 Å². The summed E-state index contributed by atoms with van der Waals surface area (Å²) >= 11 is 0. The van der Waals surface area contributed by atoms with Gasteiger partial charge in [0.15, 0.2) is 11.6 Å². The van der Waals surface area contributed by atoms with Gasteiger partial charge >= 0.3 is 5.69 Å². The summed E-state index contributed by atoms with van der Waals surface area (Å²) in [5, 5.41) is 6.23. The Balaban J connectivity index is 1.91. The fourth-order valence-electron chi connectivity index (χ4n) is 2.21. The molecule has 3 rings (SSSR count). The number of hydrogen-bond acceptors (Lipinski definition) is 3. The molecule has 5 nitrogen and oxygen atoms in total. The smallest absolute Gasteiger partial charge is 0.347 e. The van der Waals surface area contributed by atoms with Crippen LogP contribution in [-0.2, 0) is 0 Å². The molecule has 6 heteroatoms. The Morgan fingerprint density at radius 2 is 1.86 bits per heavy atom. The monoisotopic (exact) mass is 299 g/mol. The average Bonchev–Trinajstić information content (AvgIpc) is 2.83. The van der Waals surface area contributed by atoms with Crippen molar-refractivity contribution in [2.45, 2.75) is 13.8 Å². The van der Waals surface area contributed by atoms with Crippen molar-refractivity contribution in [3.63, 3.8) is 0 Å². The molecule has 2 aromatic carbocycles. The topological polar surface area (TPSA) is 59.9 Å². The first-order valence-corrected chi connectivity index (χ1v) is 6.73. The Labute approximate surface area is 126 Å². The summed E-state index contributed by atoms with van der Waals surface area (Å²) in [4.78, 5) is 11.7. The minimum atomic E-state index is -0.411. The Hall–Kier alpha value is -2.89. The highest BCUT2D eigenvalue weighted by Crippen LogP contribution is 2.28. The van der Waals surface area contributed by atoms with Crippen molar-refractivity contribution in [2.24, 2.45) is 0 Å². The lowest BCUT2D eigenvalue weighted by Gasteiger charge is -2.10. The number of nitrogens with zero attached hydrogens (tertiary/aromatic N) is 2. The molecule has 0 aliphatic rings. The average molecular weight is 299 g/mol. The van der Waals surface area contributed by atoms with E-state index in [9.17, 15) is 9.18 Å². The highest BCUT2D eigenvalue weighted by Gasteiger charge is 2.09. The summed E-state index contributed by atoms with van der Waals surface area (Å²) in [5.41, 5.74) is 1.07. The first kappa shape index (κ1) is 14.1. The molecule has 0 spiro atoms. The number of H-pyrrole nitrogens is 1. The molecule has 1 heterocycles. The first-order chi connectivity index (χ1) is 10.6. The van der Waals surface area contributed by atoms with E-state index in [2.05, 4.69) is 10.2 Å². The second kappa shape index (κ2) is 5.48. The molecule has 0 aliphatic carbocycles. The molecule has 0 saturated carbocycles. The van der Waals surface area contributed by atoms with E-state index in [0.717, 1.165) is 0 Å². The fourth-order valence-corrected chi connectivity index (χ4v) is 2.21. The summed E-state index contributed by atoms with van der Waals surface area (Å²) in [5.74, 6) is 0.840. The van der Waals surface area contributed by atoms with Crippen LogP contribution in [0.3, 0.4) is 0 Å². The second-order valence-electron chi connectivity index (χ2n) is 4.89. The van der Waals surface area contributed by atoms with Crippen molar-refractivity contribution in [2.75, 3.05) is 0 Å². The van der Waals surface area contributed by atoms with E-state index in [1.807, 2.05) is 0 Å². The third kappa shape index (κ3) is 2.50. The maximum atomic E-state index is 13.8. The molecule has 0 bridgehead atoms. The van der Waals surface area contributed by atoms with Gasteiger partial charge in [0.2, 0.25) is 0 Å². The van der Waals surface area contributed by atoms with Crippen LogP contribution in [0.1, 0.15) is 11.4 Å².